The minimum atomic E-state index is -4.28. The van der Waals surface area contributed by atoms with E-state index < -0.39 is 20.7 Å². The van der Waals surface area contributed by atoms with E-state index >= 15 is 0 Å². The molecular weight excluding hydrogens is 338 g/mol. The van der Waals surface area contributed by atoms with Crippen molar-refractivity contribution in [3.05, 3.63) is 52.1 Å². The van der Waals surface area contributed by atoms with E-state index in [1.807, 2.05) is 0 Å². The number of anilines is 2. The average molecular weight is 353 g/mol. The molecule has 0 saturated carbocycles. The largest absolute Gasteiger partial charge is 0.398 e. The quantitative estimate of drug-likeness (QED) is 0.301. The van der Waals surface area contributed by atoms with E-state index in [0.29, 0.717) is 12.0 Å². The Kier molecular flexibility index (Phi) is 4.90. The zero-order chi connectivity index (χ0) is 17.9. The fraction of sp³-hybridized carbons (Fsp3) is 0.143. The number of rotatable bonds is 6. The summed E-state index contributed by atoms with van der Waals surface area (Å²) in [5.74, 6) is -0.255. The van der Waals surface area contributed by atoms with Crippen LogP contribution in [0, 0.1) is 10.1 Å². The molecule has 9 nitrogen and oxygen atoms in total. The molecule has 0 saturated heterocycles. The smallest absolute Gasteiger partial charge is 0.341 e. The summed E-state index contributed by atoms with van der Waals surface area (Å²) in [4.78, 5) is 9.83. The number of aliphatic hydroxyl groups is 1. The third kappa shape index (κ3) is 3.73. The second-order valence-electron chi connectivity index (χ2n) is 4.86. The highest BCUT2D eigenvalue weighted by Gasteiger charge is 2.22. The molecule has 0 aliphatic heterocycles. The van der Waals surface area contributed by atoms with E-state index in [9.17, 15) is 18.5 Å². The van der Waals surface area contributed by atoms with Crippen LogP contribution in [0.1, 0.15) is 5.56 Å². The van der Waals surface area contributed by atoms with Crippen LogP contribution < -0.4 is 15.7 Å². The topological polar surface area (TPSA) is 159 Å². The molecule has 0 fully saturated rings. The van der Waals surface area contributed by atoms with E-state index in [2.05, 4.69) is 0 Å². The summed E-state index contributed by atoms with van der Waals surface area (Å²) in [6.45, 7) is -0.100. The predicted molar refractivity (Wildman–Crippen MR) is 87.0 cm³/mol. The molecule has 2 aromatic rings. The molecule has 0 radical (unpaired) electrons. The SMILES string of the molecule is Nc1ccc(OS(=O)(=O)c2ccc(CCO)cc2N)cc1[N+](=O)[O-]. The van der Waals surface area contributed by atoms with Crippen LogP contribution >= 0.6 is 0 Å². The third-order valence-electron chi connectivity index (χ3n) is 3.15. The lowest BCUT2D eigenvalue weighted by atomic mass is 10.1. The standard InChI is InChI=1S/C14H15N3O6S/c15-11-3-2-10(8-13(11)17(19)20)23-24(21,22)14-4-1-9(5-6-18)7-12(14)16/h1-4,7-8,18H,5-6,15-16H2. The van der Waals surface area contributed by atoms with Gasteiger partial charge in [-0.25, -0.2) is 0 Å². The molecular formula is C14H15N3O6S. The first kappa shape index (κ1) is 17.5. The van der Waals surface area contributed by atoms with Crippen LogP contribution in [0.15, 0.2) is 41.3 Å². The van der Waals surface area contributed by atoms with E-state index in [1.54, 1.807) is 0 Å². The monoisotopic (exact) mass is 353 g/mol. The Hall–Kier alpha value is -2.85. The Labute approximate surface area is 137 Å². The molecule has 2 rings (SSSR count). The summed E-state index contributed by atoms with van der Waals surface area (Å²) in [7, 11) is -4.28. The Morgan fingerprint density at radius 3 is 2.42 bits per heavy atom. The van der Waals surface area contributed by atoms with Crippen molar-refractivity contribution in [1.29, 1.82) is 0 Å². The van der Waals surface area contributed by atoms with Crippen LogP contribution in [0.2, 0.25) is 0 Å². The number of hydrogen-bond acceptors (Lipinski definition) is 8. The fourth-order valence-electron chi connectivity index (χ4n) is 2.02. The van der Waals surface area contributed by atoms with Gasteiger partial charge >= 0.3 is 10.1 Å². The first-order chi connectivity index (χ1) is 11.2. The van der Waals surface area contributed by atoms with Gasteiger partial charge in [0.05, 0.1) is 16.7 Å². The molecule has 0 aromatic heterocycles. The summed E-state index contributed by atoms with van der Waals surface area (Å²) in [6.07, 6.45) is 0.329. The van der Waals surface area contributed by atoms with Gasteiger partial charge in [-0.15, -0.1) is 0 Å². The van der Waals surface area contributed by atoms with Crippen molar-refractivity contribution in [3.63, 3.8) is 0 Å². The first-order valence-electron chi connectivity index (χ1n) is 6.72. The van der Waals surface area contributed by atoms with Crippen LogP contribution in [0.25, 0.3) is 0 Å². The van der Waals surface area contributed by atoms with Crippen molar-refractivity contribution in [2.45, 2.75) is 11.3 Å². The van der Waals surface area contributed by atoms with Gasteiger partial charge in [-0.3, -0.25) is 10.1 Å². The third-order valence-corrected chi connectivity index (χ3v) is 4.47. The summed E-state index contributed by atoms with van der Waals surface area (Å²) < 4.78 is 29.5. The molecule has 0 aliphatic carbocycles. The highest BCUT2D eigenvalue weighted by atomic mass is 32.2. The summed E-state index contributed by atoms with van der Waals surface area (Å²) in [6, 6.07) is 7.46. The van der Waals surface area contributed by atoms with Crippen LogP contribution in [-0.2, 0) is 16.5 Å². The zero-order valence-electron chi connectivity index (χ0n) is 12.4. The van der Waals surface area contributed by atoms with Crippen LogP contribution in [0.4, 0.5) is 17.1 Å². The van der Waals surface area contributed by atoms with Gasteiger partial charge in [-0.1, -0.05) is 6.07 Å². The molecule has 0 spiro atoms. The minimum Gasteiger partial charge on any atom is -0.398 e. The summed E-state index contributed by atoms with van der Waals surface area (Å²) in [5.41, 5.74) is 11.2. The van der Waals surface area contributed by atoms with E-state index in [1.165, 1.54) is 30.3 Å². The first-order valence-corrected chi connectivity index (χ1v) is 8.13. The van der Waals surface area contributed by atoms with Crippen molar-refractivity contribution in [1.82, 2.24) is 0 Å². The molecule has 128 valence electrons. The predicted octanol–water partition coefficient (Wildman–Crippen LogP) is 1.06. The molecule has 0 aliphatic rings. The molecule has 0 amide bonds. The van der Waals surface area contributed by atoms with Crippen LogP contribution in [0.5, 0.6) is 5.75 Å². The summed E-state index contributed by atoms with van der Waals surface area (Å²) >= 11 is 0. The van der Waals surface area contributed by atoms with Crippen LogP contribution in [-0.4, -0.2) is 25.1 Å². The minimum absolute atomic E-state index is 0.0501. The summed E-state index contributed by atoms with van der Waals surface area (Å²) in [5, 5.41) is 19.7. The van der Waals surface area contributed by atoms with E-state index in [0.717, 1.165) is 6.07 Å². The second-order valence-corrected chi connectivity index (χ2v) is 6.38. The number of nitrogens with zero attached hydrogens (tertiary/aromatic N) is 1. The molecule has 10 heteroatoms. The maximum atomic E-state index is 12.3. The Bertz CT molecular complexity index is 882. The van der Waals surface area contributed by atoms with Crippen molar-refractivity contribution in [3.8, 4) is 5.75 Å². The number of nitrogens with two attached hydrogens (primary N) is 2. The molecule has 5 N–H and O–H groups in total. The Morgan fingerprint density at radius 2 is 1.83 bits per heavy atom. The van der Waals surface area contributed by atoms with Gasteiger partial charge in [0.15, 0.2) is 0 Å². The lowest BCUT2D eigenvalue weighted by Gasteiger charge is -2.10. The second kappa shape index (κ2) is 6.72. The van der Waals surface area contributed by atoms with Gasteiger partial charge < -0.3 is 20.8 Å². The van der Waals surface area contributed by atoms with Gasteiger partial charge in [0.25, 0.3) is 5.69 Å². The number of nitro groups is 1. The van der Waals surface area contributed by atoms with Crippen molar-refractivity contribution in [2.24, 2.45) is 0 Å². The number of benzene rings is 2. The van der Waals surface area contributed by atoms with Gasteiger partial charge in [0.1, 0.15) is 16.3 Å². The van der Waals surface area contributed by atoms with Gasteiger partial charge in [0.2, 0.25) is 0 Å². The fourth-order valence-corrected chi connectivity index (χ4v) is 3.04. The molecule has 0 atom stereocenters. The normalized spacial score (nSPS) is 11.2. The Balaban J connectivity index is 2.35. The van der Waals surface area contributed by atoms with E-state index in [4.69, 9.17) is 20.8 Å². The van der Waals surface area contributed by atoms with Crippen molar-refractivity contribution >= 4 is 27.2 Å². The number of nitro benzene ring substituents is 1. The number of aliphatic hydroxyl groups excluding tert-OH is 1. The lowest BCUT2D eigenvalue weighted by Crippen LogP contribution is -2.12. The molecule has 0 unspecified atom stereocenters. The average Bonchev–Trinajstić information content (AvgIpc) is 2.49. The van der Waals surface area contributed by atoms with E-state index in [-0.39, 0.29) is 28.6 Å². The van der Waals surface area contributed by atoms with Crippen LogP contribution in [0.3, 0.4) is 0 Å². The lowest BCUT2D eigenvalue weighted by molar-refractivity contribution is -0.383. The van der Waals surface area contributed by atoms with Crippen molar-refractivity contribution < 1.29 is 22.6 Å². The Morgan fingerprint density at radius 1 is 1.12 bits per heavy atom. The number of nitrogen functional groups attached to an aromatic ring is 2. The van der Waals surface area contributed by atoms with Gasteiger partial charge in [-0.2, -0.15) is 8.42 Å². The molecule has 2 aromatic carbocycles. The maximum Gasteiger partial charge on any atom is 0.341 e. The van der Waals surface area contributed by atoms with Gasteiger partial charge in [-0.05, 0) is 36.2 Å². The molecule has 0 bridgehead atoms. The highest BCUT2D eigenvalue weighted by Crippen LogP contribution is 2.29. The highest BCUT2D eigenvalue weighted by molar-refractivity contribution is 7.87. The van der Waals surface area contributed by atoms with Gasteiger partial charge in [0, 0.05) is 6.61 Å². The maximum absolute atomic E-state index is 12.3. The van der Waals surface area contributed by atoms with Crippen molar-refractivity contribution in [2.75, 3.05) is 18.1 Å². The number of hydrogen-bond donors (Lipinski definition) is 3. The molecule has 24 heavy (non-hydrogen) atoms. The molecule has 0 heterocycles. The zero-order valence-corrected chi connectivity index (χ0v) is 13.2.